The molecule has 6 nitrogen and oxygen atoms in total. The fraction of sp³-hybridized carbons (Fsp3) is 0.292. The minimum Gasteiger partial charge on any atom is -0.496 e. The topological polar surface area (TPSA) is 67.4 Å². The summed E-state index contributed by atoms with van der Waals surface area (Å²) in [6.45, 7) is 5.85. The van der Waals surface area contributed by atoms with Gasteiger partial charge in [-0.15, -0.1) is 0 Å². The van der Waals surface area contributed by atoms with Crippen molar-refractivity contribution in [3.8, 4) is 5.75 Å². The third kappa shape index (κ3) is 6.03. The van der Waals surface area contributed by atoms with Gasteiger partial charge in [-0.05, 0) is 43.4 Å². The number of fused-ring (bicyclic) bond motifs is 1. The summed E-state index contributed by atoms with van der Waals surface area (Å²) in [6.07, 6.45) is 2.49. The Morgan fingerprint density at radius 2 is 1.97 bits per heavy atom. The quantitative estimate of drug-likeness (QED) is 0.392. The van der Waals surface area contributed by atoms with Crippen LogP contribution < -0.4 is 10.1 Å². The average molecular weight is 475 g/mol. The maximum atomic E-state index is 14.5. The van der Waals surface area contributed by atoms with E-state index in [9.17, 15) is 13.6 Å². The van der Waals surface area contributed by atoms with E-state index in [0.29, 0.717) is 40.3 Å². The highest BCUT2D eigenvalue weighted by Crippen LogP contribution is 2.31. The summed E-state index contributed by atoms with van der Waals surface area (Å²) < 4.78 is 33.4. The number of Topliss-reactive ketones (excluding diaryl/α,β-unsaturated/α-hetero) is 1. The number of hydrogen-bond acceptors (Lipinski definition) is 6. The van der Waals surface area contributed by atoms with Crippen LogP contribution in [0.5, 0.6) is 5.75 Å². The zero-order valence-corrected chi connectivity index (χ0v) is 19.4. The van der Waals surface area contributed by atoms with Crippen molar-refractivity contribution in [1.29, 1.82) is 0 Å². The molecule has 0 radical (unpaired) electrons. The number of ether oxygens (including phenoxy) is 1. The highest BCUT2D eigenvalue weighted by molar-refractivity contribution is 6.31. The van der Waals surface area contributed by atoms with Crippen LogP contribution in [0.2, 0.25) is 5.02 Å². The Bertz CT molecular complexity index is 1180. The van der Waals surface area contributed by atoms with E-state index >= 15 is 0 Å². The van der Waals surface area contributed by atoms with Crippen LogP contribution in [0.4, 0.5) is 20.3 Å². The molecule has 0 aliphatic rings. The Kier molecular flexibility index (Phi) is 8.30. The van der Waals surface area contributed by atoms with E-state index in [4.69, 9.17) is 16.3 Å². The standard InChI is InChI=1S/C24H25ClF2N4O2/c1-4-31(5-2)9-8-20(27)22(32)11-15-10-17-21(13-23(15)33-3)28-14-29-24(17)30-16-6-7-19(26)18(25)12-16/h6-8,10,12-14H,4-5,9,11H2,1-3H3,(H,28,29,30). The molecule has 0 aliphatic carbocycles. The van der Waals surface area contributed by atoms with Gasteiger partial charge in [-0.25, -0.2) is 18.7 Å². The van der Waals surface area contributed by atoms with Crippen LogP contribution in [0.1, 0.15) is 19.4 Å². The number of nitrogens with zero attached hydrogens (tertiary/aromatic N) is 3. The first kappa shape index (κ1) is 24.5. The van der Waals surface area contributed by atoms with Gasteiger partial charge in [0.2, 0.25) is 0 Å². The lowest BCUT2D eigenvalue weighted by Crippen LogP contribution is -2.23. The molecule has 174 valence electrons. The largest absolute Gasteiger partial charge is 0.496 e. The molecular weight excluding hydrogens is 450 g/mol. The molecule has 0 unspecified atom stereocenters. The van der Waals surface area contributed by atoms with Crippen molar-refractivity contribution in [2.45, 2.75) is 20.3 Å². The molecule has 1 heterocycles. The molecule has 1 aromatic heterocycles. The Balaban J connectivity index is 1.91. The summed E-state index contributed by atoms with van der Waals surface area (Å²) in [5, 5.41) is 3.64. The van der Waals surface area contributed by atoms with Crippen LogP contribution in [0, 0.1) is 5.82 Å². The molecular formula is C24H25ClF2N4O2. The van der Waals surface area contributed by atoms with Crippen molar-refractivity contribution >= 4 is 39.8 Å². The van der Waals surface area contributed by atoms with Crippen LogP contribution in [0.25, 0.3) is 10.9 Å². The molecule has 0 aliphatic heterocycles. The number of aromatic nitrogens is 2. The van der Waals surface area contributed by atoms with Crippen molar-refractivity contribution < 1.29 is 18.3 Å². The lowest BCUT2D eigenvalue weighted by atomic mass is 10.0. The maximum Gasteiger partial charge on any atom is 0.195 e. The molecule has 0 bridgehead atoms. The predicted molar refractivity (Wildman–Crippen MR) is 126 cm³/mol. The van der Waals surface area contributed by atoms with Gasteiger partial charge in [-0.3, -0.25) is 4.79 Å². The molecule has 33 heavy (non-hydrogen) atoms. The Labute approximate surface area is 196 Å². The monoisotopic (exact) mass is 474 g/mol. The normalized spacial score (nSPS) is 11.8. The van der Waals surface area contributed by atoms with Gasteiger partial charge in [0.05, 0.1) is 17.6 Å². The predicted octanol–water partition coefficient (Wildman–Crippen LogP) is 5.48. The fourth-order valence-electron chi connectivity index (χ4n) is 3.33. The SMILES string of the molecule is CCN(CC)CC=C(F)C(=O)Cc1cc2c(Nc3ccc(F)c(Cl)c3)ncnc2cc1OC. The van der Waals surface area contributed by atoms with Crippen molar-refractivity contribution in [2.75, 3.05) is 32.1 Å². The van der Waals surface area contributed by atoms with Gasteiger partial charge in [-0.2, -0.15) is 0 Å². The summed E-state index contributed by atoms with van der Waals surface area (Å²) in [4.78, 5) is 23.0. The van der Waals surface area contributed by atoms with E-state index in [1.54, 1.807) is 12.1 Å². The van der Waals surface area contributed by atoms with Crippen LogP contribution in [0.15, 0.2) is 48.6 Å². The first-order valence-corrected chi connectivity index (χ1v) is 10.9. The number of carbonyl (C=O) groups is 1. The third-order valence-corrected chi connectivity index (χ3v) is 5.55. The zero-order chi connectivity index (χ0) is 24.0. The maximum absolute atomic E-state index is 14.5. The van der Waals surface area contributed by atoms with Gasteiger partial charge >= 0.3 is 0 Å². The van der Waals surface area contributed by atoms with Gasteiger partial charge in [0.1, 0.15) is 23.7 Å². The van der Waals surface area contributed by atoms with Gasteiger partial charge in [0.25, 0.3) is 0 Å². The summed E-state index contributed by atoms with van der Waals surface area (Å²) in [5.74, 6) is -1.11. The van der Waals surface area contributed by atoms with Crippen molar-refractivity contribution in [3.63, 3.8) is 0 Å². The molecule has 0 spiro atoms. The lowest BCUT2D eigenvalue weighted by molar-refractivity contribution is -0.116. The van der Waals surface area contributed by atoms with Crippen molar-refractivity contribution in [1.82, 2.24) is 14.9 Å². The van der Waals surface area contributed by atoms with E-state index in [2.05, 4.69) is 15.3 Å². The van der Waals surface area contributed by atoms with Crippen molar-refractivity contribution in [2.24, 2.45) is 0 Å². The van der Waals surface area contributed by atoms with Crippen molar-refractivity contribution in [3.05, 3.63) is 65.0 Å². The number of likely N-dealkylation sites (N-methyl/N-ethyl adjacent to an activating group) is 1. The smallest absolute Gasteiger partial charge is 0.195 e. The van der Waals surface area contributed by atoms with E-state index in [1.165, 1.54) is 37.7 Å². The van der Waals surface area contributed by atoms with Crippen LogP contribution in [-0.4, -0.2) is 47.4 Å². The molecule has 0 saturated heterocycles. The van der Waals surface area contributed by atoms with Gasteiger partial charge in [0, 0.05) is 35.7 Å². The van der Waals surface area contributed by atoms with Crippen LogP contribution in [0.3, 0.4) is 0 Å². The number of allylic oxidation sites excluding steroid dienone is 1. The molecule has 3 aromatic rings. The lowest BCUT2D eigenvalue weighted by Gasteiger charge is -2.15. The summed E-state index contributed by atoms with van der Waals surface area (Å²) in [7, 11) is 1.47. The average Bonchev–Trinajstić information content (AvgIpc) is 2.81. The Morgan fingerprint density at radius 1 is 1.21 bits per heavy atom. The number of nitrogens with one attached hydrogen (secondary N) is 1. The molecule has 0 atom stereocenters. The number of carbonyl (C=O) groups excluding carboxylic acids is 1. The number of anilines is 2. The molecule has 0 amide bonds. The number of rotatable bonds is 10. The van der Waals surface area contributed by atoms with Crippen LogP contribution in [-0.2, 0) is 11.2 Å². The first-order chi connectivity index (χ1) is 15.9. The van der Waals surface area contributed by atoms with E-state index in [1.807, 2.05) is 18.7 Å². The zero-order valence-electron chi connectivity index (χ0n) is 18.7. The molecule has 0 fully saturated rings. The molecule has 3 rings (SSSR count). The molecule has 9 heteroatoms. The Hall–Kier alpha value is -3.10. The van der Waals surface area contributed by atoms with E-state index in [-0.39, 0.29) is 11.4 Å². The number of ketones is 1. The Morgan fingerprint density at radius 3 is 2.64 bits per heavy atom. The number of halogens is 3. The van der Waals surface area contributed by atoms with Crippen LogP contribution >= 0.6 is 11.6 Å². The third-order valence-electron chi connectivity index (χ3n) is 5.26. The highest BCUT2D eigenvalue weighted by Gasteiger charge is 2.17. The number of methoxy groups -OCH3 is 1. The second-order valence-corrected chi connectivity index (χ2v) is 7.70. The first-order valence-electron chi connectivity index (χ1n) is 10.5. The summed E-state index contributed by atoms with van der Waals surface area (Å²) in [5.41, 5.74) is 1.59. The second-order valence-electron chi connectivity index (χ2n) is 7.30. The van der Waals surface area contributed by atoms with Gasteiger partial charge in [0.15, 0.2) is 11.6 Å². The second kappa shape index (κ2) is 11.2. The fourth-order valence-corrected chi connectivity index (χ4v) is 3.51. The minimum atomic E-state index is -0.785. The summed E-state index contributed by atoms with van der Waals surface area (Å²) >= 11 is 5.87. The van der Waals surface area contributed by atoms with Gasteiger partial charge < -0.3 is 15.0 Å². The molecule has 1 N–H and O–H groups in total. The number of benzene rings is 2. The molecule has 0 saturated carbocycles. The van der Waals surface area contributed by atoms with E-state index in [0.717, 1.165) is 13.1 Å². The minimum absolute atomic E-state index is 0.0294. The van der Waals surface area contributed by atoms with Gasteiger partial charge in [-0.1, -0.05) is 25.4 Å². The highest BCUT2D eigenvalue weighted by atomic mass is 35.5. The number of hydrogen-bond donors (Lipinski definition) is 1. The summed E-state index contributed by atoms with van der Waals surface area (Å²) in [6, 6.07) is 7.57. The molecule has 2 aromatic carbocycles. The van der Waals surface area contributed by atoms with E-state index < -0.39 is 17.4 Å².